The second-order valence-electron chi connectivity index (χ2n) is 10.8. The second-order valence-corrected chi connectivity index (χ2v) is 11.6. The molecular formula is C26H26FN7OS. The summed E-state index contributed by atoms with van der Waals surface area (Å²) in [5.74, 6) is 0.443. The smallest absolute Gasteiger partial charge is 0.278 e. The SMILES string of the molecule is O=c1c2cnc(Nc3ccc4c(c3)CCNC43CC3)nc2n(-c2nc(C3(CF)CC3)cs2)n1C1CC1. The Morgan fingerprint density at radius 1 is 1.19 bits per heavy atom. The maximum absolute atomic E-state index is 13.7. The summed E-state index contributed by atoms with van der Waals surface area (Å²) in [7, 11) is 0. The Labute approximate surface area is 210 Å². The van der Waals surface area contributed by atoms with Crippen molar-refractivity contribution in [3.63, 3.8) is 0 Å². The molecule has 1 aromatic carbocycles. The Balaban J connectivity index is 1.20. The summed E-state index contributed by atoms with van der Waals surface area (Å²) in [5.41, 5.74) is 4.69. The lowest BCUT2D eigenvalue weighted by Gasteiger charge is -2.27. The van der Waals surface area contributed by atoms with Gasteiger partial charge in [-0.25, -0.2) is 19.3 Å². The van der Waals surface area contributed by atoms with Crippen LogP contribution in [0.2, 0.25) is 0 Å². The molecule has 0 atom stereocenters. The number of fused-ring (bicyclic) bond motifs is 3. The number of halogens is 1. The van der Waals surface area contributed by atoms with Gasteiger partial charge in [0, 0.05) is 34.8 Å². The third kappa shape index (κ3) is 3.06. The molecule has 184 valence electrons. The van der Waals surface area contributed by atoms with Crippen molar-refractivity contribution >= 4 is 34.0 Å². The second kappa shape index (κ2) is 7.23. The van der Waals surface area contributed by atoms with Crippen molar-refractivity contribution in [2.75, 3.05) is 18.5 Å². The van der Waals surface area contributed by atoms with Gasteiger partial charge in [0.25, 0.3) is 5.56 Å². The summed E-state index contributed by atoms with van der Waals surface area (Å²) in [6.07, 6.45) is 8.57. The van der Waals surface area contributed by atoms with E-state index in [0.29, 0.717) is 22.1 Å². The van der Waals surface area contributed by atoms with Crippen molar-refractivity contribution in [2.45, 2.75) is 61.9 Å². The van der Waals surface area contributed by atoms with Crippen LogP contribution in [0.4, 0.5) is 16.0 Å². The van der Waals surface area contributed by atoms with E-state index < -0.39 is 12.1 Å². The number of anilines is 2. The van der Waals surface area contributed by atoms with Crippen LogP contribution in [0.1, 0.15) is 61.4 Å². The summed E-state index contributed by atoms with van der Waals surface area (Å²) in [4.78, 5) is 27.4. The van der Waals surface area contributed by atoms with E-state index in [9.17, 15) is 9.18 Å². The third-order valence-corrected chi connectivity index (χ3v) is 9.14. The molecule has 8 rings (SSSR count). The number of benzene rings is 1. The quantitative estimate of drug-likeness (QED) is 0.409. The lowest BCUT2D eigenvalue weighted by molar-refractivity contribution is 0.412. The Bertz CT molecular complexity index is 1590. The van der Waals surface area contributed by atoms with Gasteiger partial charge in [0.2, 0.25) is 11.1 Å². The minimum atomic E-state index is -0.439. The summed E-state index contributed by atoms with van der Waals surface area (Å²) in [6, 6.07) is 6.63. The molecule has 3 aliphatic carbocycles. The molecule has 3 aromatic heterocycles. The van der Waals surface area contributed by atoms with Crippen LogP contribution in [0.15, 0.2) is 34.6 Å². The van der Waals surface area contributed by atoms with Crippen LogP contribution in [0.25, 0.3) is 16.2 Å². The maximum Gasteiger partial charge on any atom is 0.278 e. The Hall–Kier alpha value is -3.11. The van der Waals surface area contributed by atoms with Crippen molar-refractivity contribution < 1.29 is 4.39 Å². The van der Waals surface area contributed by atoms with Gasteiger partial charge in [-0.3, -0.25) is 9.18 Å². The molecule has 0 unspecified atom stereocenters. The monoisotopic (exact) mass is 503 g/mol. The van der Waals surface area contributed by atoms with E-state index in [2.05, 4.69) is 33.8 Å². The zero-order valence-corrected chi connectivity index (χ0v) is 20.6. The largest absolute Gasteiger partial charge is 0.324 e. The van der Waals surface area contributed by atoms with Gasteiger partial charge in [0.05, 0.1) is 11.7 Å². The summed E-state index contributed by atoms with van der Waals surface area (Å²) >= 11 is 1.44. The highest BCUT2D eigenvalue weighted by Crippen LogP contribution is 2.50. The van der Waals surface area contributed by atoms with E-state index in [1.165, 1.54) is 35.3 Å². The fourth-order valence-electron chi connectivity index (χ4n) is 5.68. The number of nitrogens with one attached hydrogen (secondary N) is 2. The van der Waals surface area contributed by atoms with Crippen LogP contribution in [0.3, 0.4) is 0 Å². The first-order valence-electron chi connectivity index (χ1n) is 12.8. The molecule has 8 nitrogen and oxygen atoms in total. The topological polar surface area (TPSA) is 89.7 Å². The highest BCUT2D eigenvalue weighted by molar-refractivity contribution is 7.12. The molecule has 1 aliphatic heterocycles. The Kier molecular flexibility index (Phi) is 4.22. The highest BCUT2D eigenvalue weighted by atomic mass is 32.1. The van der Waals surface area contributed by atoms with Crippen molar-refractivity contribution in [3.8, 4) is 5.13 Å². The predicted octanol–water partition coefficient (Wildman–Crippen LogP) is 4.25. The van der Waals surface area contributed by atoms with E-state index in [1.54, 1.807) is 10.9 Å². The van der Waals surface area contributed by atoms with E-state index in [-0.39, 0.29) is 17.1 Å². The van der Waals surface area contributed by atoms with E-state index in [4.69, 9.17) is 9.97 Å². The number of hydrogen-bond acceptors (Lipinski definition) is 7. The fourth-order valence-corrected chi connectivity index (χ4v) is 6.63. The molecule has 36 heavy (non-hydrogen) atoms. The van der Waals surface area contributed by atoms with Crippen LogP contribution in [0.5, 0.6) is 0 Å². The van der Waals surface area contributed by atoms with Gasteiger partial charge in [0.1, 0.15) is 12.1 Å². The van der Waals surface area contributed by atoms with Crippen LogP contribution in [-0.4, -0.2) is 37.5 Å². The number of aromatic nitrogens is 5. The number of rotatable bonds is 6. The standard InChI is InChI=1S/C26H26FN7OS/c27-14-25(6-7-25)20-13-36-24(31-20)34-21-18(22(35)33(34)17-2-3-17)12-28-23(32-21)30-16-1-4-19-15(11-16)5-10-29-26(19)8-9-26/h1,4,11-13,17,29H,2-3,5-10,14H2,(H,28,30,32). The van der Waals surface area contributed by atoms with Gasteiger partial charge in [-0.2, -0.15) is 4.98 Å². The molecule has 3 saturated carbocycles. The van der Waals surface area contributed by atoms with Gasteiger partial charge in [0.15, 0.2) is 5.65 Å². The van der Waals surface area contributed by atoms with Crippen LogP contribution < -0.4 is 16.2 Å². The van der Waals surface area contributed by atoms with Gasteiger partial charge in [-0.1, -0.05) is 6.07 Å². The molecular weight excluding hydrogens is 477 g/mol. The first-order valence-corrected chi connectivity index (χ1v) is 13.7. The lowest BCUT2D eigenvalue weighted by Crippen LogP contribution is -2.36. The van der Waals surface area contributed by atoms with Crippen molar-refractivity contribution in [1.82, 2.24) is 29.6 Å². The number of nitrogens with zero attached hydrogens (tertiary/aromatic N) is 5. The van der Waals surface area contributed by atoms with Crippen molar-refractivity contribution in [1.29, 1.82) is 0 Å². The van der Waals surface area contributed by atoms with Crippen LogP contribution in [-0.2, 0) is 17.4 Å². The van der Waals surface area contributed by atoms with Crippen molar-refractivity contribution in [2.24, 2.45) is 0 Å². The normalized spacial score (nSPS) is 21.0. The number of thiazole rings is 1. The molecule has 0 radical (unpaired) electrons. The van der Waals surface area contributed by atoms with Crippen molar-refractivity contribution in [3.05, 3.63) is 57.0 Å². The molecule has 2 N–H and O–H groups in total. The average molecular weight is 504 g/mol. The summed E-state index contributed by atoms with van der Waals surface area (Å²) in [5, 5.41) is 10.1. The average Bonchev–Trinajstić information content (AvgIpc) is 3.83. The zero-order valence-electron chi connectivity index (χ0n) is 19.8. The fraction of sp³-hybridized carbons (Fsp3) is 0.462. The Morgan fingerprint density at radius 3 is 2.81 bits per heavy atom. The molecule has 3 fully saturated rings. The summed E-state index contributed by atoms with van der Waals surface area (Å²) < 4.78 is 17.3. The molecule has 4 aromatic rings. The minimum absolute atomic E-state index is 0.0987. The van der Waals surface area contributed by atoms with E-state index in [0.717, 1.165) is 50.0 Å². The molecule has 1 spiro atoms. The highest BCUT2D eigenvalue weighted by Gasteiger charge is 2.47. The summed E-state index contributed by atoms with van der Waals surface area (Å²) in [6.45, 7) is 0.603. The number of hydrogen-bond donors (Lipinski definition) is 2. The third-order valence-electron chi connectivity index (χ3n) is 8.33. The van der Waals surface area contributed by atoms with Crippen LogP contribution in [0, 0.1) is 0 Å². The predicted molar refractivity (Wildman–Crippen MR) is 136 cm³/mol. The van der Waals surface area contributed by atoms with Gasteiger partial charge < -0.3 is 10.6 Å². The van der Waals surface area contributed by atoms with Gasteiger partial charge in [-0.05, 0) is 68.2 Å². The molecule has 10 heteroatoms. The maximum atomic E-state index is 13.7. The molecule has 4 heterocycles. The van der Waals surface area contributed by atoms with Gasteiger partial charge >= 0.3 is 0 Å². The first-order chi connectivity index (χ1) is 17.6. The Morgan fingerprint density at radius 2 is 2.06 bits per heavy atom. The molecule has 4 aliphatic rings. The minimum Gasteiger partial charge on any atom is -0.324 e. The lowest BCUT2D eigenvalue weighted by atomic mass is 9.92. The van der Waals surface area contributed by atoms with Gasteiger partial charge in [-0.15, -0.1) is 11.3 Å². The molecule has 0 bridgehead atoms. The molecule has 0 amide bonds. The van der Waals surface area contributed by atoms with E-state index >= 15 is 0 Å². The van der Waals surface area contributed by atoms with Crippen LogP contribution >= 0.6 is 11.3 Å². The van der Waals surface area contributed by atoms with E-state index in [1.807, 2.05) is 10.1 Å². The number of alkyl halides is 1. The zero-order chi connectivity index (χ0) is 24.1. The molecule has 0 saturated heterocycles. The first kappa shape index (κ1) is 21.0.